The summed E-state index contributed by atoms with van der Waals surface area (Å²) in [7, 11) is 0. The van der Waals surface area contributed by atoms with Crippen molar-refractivity contribution in [2.75, 3.05) is 18.2 Å². The molecule has 0 saturated carbocycles. The van der Waals surface area contributed by atoms with E-state index in [2.05, 4.69) is 23.5 Å². The number of amides is 1. The molecule has 0 aromatic heterocycles. The van der Waals surface area contributed by atoms with Crippen molar-refractivity contribution in [2.24, 2.45) is 11.8 Å². The molecule has 0 bridgehead atoms. The number of aryl methyl sites for hydroxylation is 1. The summed E-state index contributed by atoms with van der Waals surface area (Å²) in [5, 5.41) is 12.4. The lowest BCUT2D eigenvalue weighted by Gasteiger charge is -2.29. The quantitative estimate of drug-likeness (QED) is 0.781. The summed E-state index contributed by atoms with van der Waals surface area (Å²) in [6, 6.07) is 9.39. The van der Waals surface area contributed by atoms with Crippen molar-refractivity contribution in [1.82, 2.24) is 10.2 Å². The number of nitriles is 1. The van der Waals surface area contributed by atoms with E-state index in [0.29, 0.717) is 23.0 Å². The van der Waals surface area contributed by atoms with E-state index in [-0.39, 0.29) is 17.6 Å². The molecule has 2 heterocycles. The summed E-state index contributed by atoms with van der Waals surface area (Å²) in [6.07, 6.45) is 2.41. The van der Waals surface area contributed by atoms with Gasteiger partial charge in [0.1, 0.15) is 17.9 Å². The summed E-state index contributed by atoms with van der Waals surface area (Å²) in [5.41, 5.74) is 2.54. The van der Waals surface area contributed by atoms with Gasteiger partial charge < -0.3 is 10.2 Å². The lowest BCUT2D eigenvalue weighted by molar-refractivity contribution is -0.137. The molecule has 1 aromatic carbocycles. The number of carbonyl (C=O) groups excluding carboxylic acids is 2. The van der Waals surface area contributed by atoms with Gasteiger partial charge in [-0.1, -0.05) is 36.5 Å². The number of ketones is 1. The van der Waals surface area contributed by atoms with E-state index in [1.165, 1.54) is 11.1 Å². The van der Waals surface area contributed by atoms with Crippen LogP contribution in [0.1, 0.15) is 17.5 Å². The average Bonchev–Trinajstić information content (AvgIpc) is 3.33. The molecule has 2 saturated heterocycles. The molecule has 3 aliphatic rings. The fourth-order valence-electron chi connectivity index (χ4n) is 4.32. The van der Waals surface area contributed by atoms with E-state index in [9.17, 15) is 14.9 Å². The number of thiocarbonyl (C=S) groups is 1. The molecule has 1 N–H and O–H groups in total. The number of rotatable bonds is 3. The Morgan fingerprint density at radius 3 is 2.85 bits per heavy atom. The molecule has 2 aliphatic heterocycles. The molecule has 7 heteroatoms. The van der Waals surface area contributed by atoms with Crippen molar-refractivity contribution in [3.63, 3.8) is 0 Å². The number of benzene rings is 1. The highest BCUT2D eigenvalue weighted by molar-refractivity contribution is 7.99. The predicted molar refractivity (Wildman–Crippen MR) is 108 cm³/mol. The van der Waals surface area contributed by atoms with Gasteiger partial charge in [0.25, 0.3) is 0 Å². The Kier molecular flexibility index (Phi) is 5.31. The first-order chi connectivity index (χ1) is 13.1. The fourth-order valence-corrected chi connectivity index (χ4v) is 5.74. The first-order valence-electron chi connectivity index (χ1n) is 9.24. The molecular formula is C20H21N3O2S2. The van der Waals surface area contributed by atoms with Gasteiger partial charge in [-0.2, -0.15) is 5.26 Å². The maximum absolute atomic E-state index is 13.3. The van der Waals surface area contributed by atoms with Crippen LogP contribution in [0.3, 0.4) is 0 Å². The molecule has 27 heavy (non-hydrogen) atoms. The predicted octanol–water partition coefficient (Wildman–Crippen LogP) is 1.74. The zero-order valence-electron chi connectivity index (χ0n) is 14.9. The molecule has 1 aromatic rings. The summed E-state index contributed by atoms with van der Waals surface area (Å²) in [6.45, 7) is 0.406. The van der Waals surface area contributed by atoms with Gasteiger partial charge in [-0.05, 0) is 30.4 Å². The van der Waals surface area contributed by atoms with Crippen LogP contribution in [0, 0.1) is 23.2 Å². The highest BCUT2D eigenvalue weighted by Crippen LogP contribution is 2.31. The minimum absolute atomic E-state index is 0.0817. The Hall–Kier alpha value is -1.75. The Bertz CT molecular complexity index is 835. The molecule has 4 atom stereocenters. The number of thioether (sulfide) groups is 1. The molecule has 140 valence electrons. The molecule has 1 amide bonds. The SMILES string of the molecule is N#C[C@@H]1CSCN1C(=O)[C@H]1NCC(=S)C1C(=O)[C@@H]1CCc2ccccc2C1. The maximum Gasteiger partial charge on any atom is 0.242 e. The van der Waals surface area contributed by atoms with Crippen molar-refractivity contribution in [3.05, 3.63) is 35.4 Å². The second-order valence-corrected chi connectivity index (χ2v) is 8.89. The minimum atomic E-state index is -0.628. The molecule has 0 radical (unpaired) electrons. The molecule has 0 spiro atoms. The highest BCUT2D eigenvalue weighted by Gasteiger charge is 2.46. The minimum Gasteiger partial charge on any atom is -0.315 e. The van der Waals surface area contributed by atoms with Crippen molar-refractivity contribution >= 4 is 40.5 Å². The first kappa shape index (κ1) is 18.6. The van der Waals surface area contributed by atoms with Crippen LogP contribution < -0.4 is 5.32 Å². The van der Waals surface area contributed by atoms with E-state index < -0.39 is 18.0 Å². The Labute approximate surface area is 168 Å². The van der Waals surface area contributed by atoms with Crippen LogP contribution in [0.4, 0.5) is 0 Å². The highest BCUT2D eigenvalue weighted by atomic mass is 32.2. The normalized spacial score (nSPS) is 30.0. The van der Waals surface area contributed by atoms with Crippen LogP contribution in [0.2, 0.25) is 0 Å². The van der Waals surface area contributed by atoms with Crippen LogP contribution in [-0.4, -0.2) is 51.7 Å². The smallest absolute Gasteiger partial charge is 0.242 e. The van der Waals surface area contributed by atoms with Gasteiger partial charge in [-0.15, -0.1) is 11.8 Å². The van der Waals surface area contributed by atoms with E-state index in [0.717, 1.165) is 19.3 Å². The van der Waals surface area contributed by atoms with Crippen LogP contribution in [-0.2, 0) is 22.4 Å². The molecule has 1 aliphatic carbocycles. The number of fused-ring (bicyclic) bond motifs is 1. The zero-order chi connectivity index (χ0) is 19.0. The number of carbonyl (C=O) groups is 2. The van der Waals surface area contributed by atoms with Gasteiger partial charge in [0, 0.05) is 23.1 Å². The third kappa shape index (κ3) is 3.42. The number of nitrogens with zero attached hydrogens (tertiary/aromatic N) is 2. The van der Waals surface area contributed by atoms with E-state index in [4.69, 9.17) is 12.2 Å². The van der Waals surface area contributed by atoms with Gasteiger partial charge in [0.15, 0.2) is 0 Å². The Morgan fingerprint density at radius 2 is 2.07 bits per heavy atom. The molecule has 4 rings (SSSR count). The second kappa shape index (κ2) is 7.70. The van der Waals surface area contributed by atoms with Gasteiger partial charge >= 0.3 is 0 Å². The van der Waals surface area contributed by atoms with Crippen LogP contribution in [0.25, 0.3) is 0 Å². The average molecular weight is 400 g/mol. The topological polar surface area (TPSA) is 73.2 Å². The van der Waals surface area contributed by atoms with Gasteiger partial charge in [-0.3, -0.25) is 9.59 Å². The number of hydrogen-bond acceptors (Lipinski definition) is 6. The van der Waals surface area contributed by atoms with Crippen molar-refractivity contribution in [1.29, 1.82) is 5.26 Å². The summed E-state index contributed by atoms with van der Waals surface area (Å²) in [4.78, 5) is 28.6. The largest absolute Gasteiger partial charge is 0.315 e. The molecule has 2 fully saturated rings. The molecular weight excluding hydrogens is 378 g/mol. The fraction of sp³-hybridized carbons (Fsp3) is 0.500. The maximum atomic E-state index is 13.3. The summed E-state index contributed by atoms with van der Waals surface area (Å²) < 4.78 is 0. The van der Waals surface area contributed by atoms with Crippen molar-refractivity contribution in [3.8, 4) is 6.07 Å². The number of hydrogen-bond donors (Lipinski definition) is 1. The van der Waals surface area contributed by atoms with E-state index in [1.54, 1.807) is 16.7 Å². The molecule has 5 nitrogen and oxygen atoms in total. The summed E-state index contributed by atoms with van der Waals surface area (Å²) in [5.74, 6) is 0.376. The van der Waals surface area contributed by atoms with Crippen LogP contribution in [0.15, 0.2) is 24.3 Å². The van der Waals surface area contributed by atoms with Crippen LogP contribution in [0.5, 0.6) is 0 Å². The lowest BCUT2D eigenvalue weighted by atomic mass is 9.76. The van der Waals surface area contributed by atoms with Gasteiger partial charge in [-0.25, -0.2) is 0 Å². The van der Waals surface area contributed by atoms with Gasteiger partial charge in [0.2, 0.25) is 5.91 Å². The van der Waals surface area contributed by atoms with Crippen molar-refractivity contribution in [2.45, 2.75) is 31.3 Å². The zero-order valence-corrected chi connectivity index (χ0v) is 16.5. The number of Topliss-reactive ketones (excluding diaryl/α,β-unsaturated/α-hetero) is 1. The second-order valence-electron chi connectivity index (χ2n) is 7.37. The standard InChI is InChI=1S/C20H21N3O2S2/c21-8-15-10-27-11-23(15)20(25)18-17(16(26)9-22-18)19(24)14-6-5-12-3-1-2-4-13(12)7-14/h1-4,14-15,17-18,22H,5-7,9-11H2/t14-,15-,17?,18+/m1/s1. The third-order valence-corrected chi connectivity index (χ3v) is 7.22. The number of nitrogens with one attached hydrogen (secondary N) is 1. The molecule has 1 unspecified atom stereocenters. The third-order valence-electron chi connectivity index (χ3n) is 5.81. The Balaban J connectivity index is 1.53. The Morgan fingerprint density at radius 1 is 1.30 bits per heavy atom. The lowest BCUT2D eigenvalue weighted by Crippen LogP contribution is -2.51. The van der Waals surface area contributed by atoms with Crippen molar-refractivity contribution < 1.29 is 9.59 Å². The van der Waals surface area contributed by atoms with Crippen LogP contribution >= 0.6 is 24.0 Å². The van der Waals surface area contributed by atoms with E-state index >= 15 is 0 Å². The first-order valence-corrected chi connectivity index (χ1v) is 10.8. The monoisotopic (exact) mass is 399 g/mol. The summed E-state index contributed by atoms with van der Waals surface area (Å²) >= 11 is 7.04. The van der Waals surface area contributed by atoms with Gasteiger partial charge in [0.05, 0.1) is 17.9 Å². The van der Waals surface area contributed by atoms with E-state index in [1.807, 2.05) is 12.1 Å².